The minimum absolute atomic E-state index is 0.0737. The van der Waals surface area contributed by atoms with Crippen LogP contribution >= 0.6 is 15.9 Å². The Morgan fingerprint density at radius 2 is 1.81 bits per heavy atom. The van der Waals surface area contributed by atoms with Gasteiger partial charge in [0.05, 0.1) is 0 Å². The van der Waals surface area contributed by atoms with Gasteiger partial charge in [0.1, 0.15) is 35.2 Å². The summed E-state index contributed by atoms with van der Waals surface area (Å²) >= 11 is 3.35. The summed E-state index contributed by atoms with van der Waals surface area (Å²) in [5.74, 6) is -2.51. The molecule has 0 saturated heterocycles. The molecule has 160 valence electrons. The Balaban J connectivity index is 1.77. The molecule has 31 heavy (non-hydrogen) atoms. The minimum atomic E-state index is -0.903. The first-order chi connectivity index (χ1) is 14.9. The molecule has 1 N–H and O–H groups in total. The third-order valence-electron chi connectivity index (χ3n) is 4.24. The Morgan fingerprint density at radius 1 is 1.10 bits per heavy atom. The molecule has 9 heteroatoms. The molecule has 0 bridgehead atoms. The fraction of sp³-hybridized carbons (Fsp3) is 0.136. The minimum Gasteiger partial charge on any atom is -0.438 e. The Bertz CT molecular complexity index is 1090. The van der Waals surface area contributed by atoms with Crippen molar-refractivity contribution in [3.8, 4) is 11.6 Å². The van der Waals surface area contributed by atoms with Crippen LogP contribution in [0.15, 0.2) is 65.3 Å². The summed E-state index contributed by atoms with van der Waals surface area (Å²) in [6.07, 6.45) is 1.48. The lowest BCUT2D eigenvalue weighted by molar-refractivity contribution is -0.116. The molecule has 0 unspecified atom stereocenters. The number of hydrogen-bond acceptors (Lipinski definition) is 4. The number of aromatic nitrogens is 1. The van der Waals surface area contributed by atoms with Crippen LogP contribution in [0.5, 0.6) is 11.6 Å². The van der Waals surface area contributed by atoms with Gasteiger partial charge in [-0.05, 0) is 49.4 Å². The standard InChI is InChI=1S/C22H18BrF2N3O3/c1-2-28(13-19(29)27-20-17(24)9-4-10-18(20)25)22(30)16-8-5-11-26-21(16)31-15-7-3-6-14(23)12-15/h3-12H,2,13H2,1H3,(H,27,29). The van der Waals surface area contributed by atoms with E-state index < -0.39 is 35.7 Å². The summed E-state index contributed by atoms with van der Waals surface area (Å²) in [6.45, 7) is 1.45. The van der Waals surface area contributed by atoms with Crippen LogP contribution in [-0.2, 0) is 4.79 Å². The van der Waals surface area contributed by atoms with Crippen LogP contribution in [0.2, 0.25) is 0 Å². The summed E-state index contributed by atoms with van der Waals surface area (Å²) in [5.41, 5.74) is -0.412. The Hall–Kier alpha value is -3.33. The molecule has 0 atom stereocenters. The molecule has 0 aliphatic rings. The number of halogens is 3. The number of anilines is 1. The van der Waals surface area contributed by atoms with Gasteiger partial charge in [-0.2, -0.15) is 0 Å². The highest BCUT2D eigenvalue weighted by molar-refractivity contribution is 9.10. The number of amides is 2. The monoisotopic (exact) mass is 489 g/mol. The maximum absolute atomic E-state index is 13.8. The average molecular weight is 490 g/mol. The summed E-state index contributed by atoms with van der Waals surface area (Å²) in [4.78, 5) is 30.7. The van der Waals surface area contributed by atoms with Gasteiger partial charge in [-0.25, -0.2) is 13.8 Å². The molecule has 6 nitrogen and oxygen atoms in total. The van der Waals surface area contributed by atoms with Crippen molar-refractivity contribution < 1.29 is 23.1 Å². The molecule has 1 heterocycles. The van der Waals surface area contributed by atoms with Crippen molar-refractivity contribution in [2.45, 2.75) is 6.92 Å². The SMILES string of the molecule is CCN(CC(=O)Nc1c(F)cccc1F)C(=O)c1cccnc1Oc1cccc(Br)c1. The molecule has 3 aromatic rings. The Labute approximate surface area is 186 Å². The normalized spacial score (nSPS) is 10.5. The number of nitrogens with one attached hydrogen (secondary N) is 1. The second kappa shape index (κ2) is 10.1. The Morgan fingerprint density at radius 3 is 2.48 bits per heavy atom. The number of pyridine rings is 1. The molecule has 1 aromatic heterocycles. The molecule has 0 aliphatic carbocycles. The summed E-state index contributed by atoms with van der Waals surface area (Å²) in [7, 11) is 0. The van der Waals surface area contributed by atoms with Crippen LogP contribution < -0.4 is 10.1 Å². The van der Waals surface area contributed by atoms with Gasteiger partial charge >= 0.3 is 0 Å². The quantitative estimate of drug-likeness (QED) is 0.505. The average Bonchev–Trinajstić information content (AvgIpc) is 2.75. The molecular weight excluding hydrogens is 472 g/mol. The smallest absolute Gasteiger partial charge is 0.259 e. The van der Waals surface area contributed by atoms with Crippen molar-refractivity contribution >= 4 is 33.4 Å². The number of carbonyl (C=O) groups is 2. The topological polar surface area (TPSA) is 71.5 Å². The molecule has 3 rings (SSSR count). The third kappa shape index (κ3) is 5.64. The zero-order valence-electron chi connectivity index (χ0n) is 16.4. The molecule has 0 aliphatic heterocycles. The van der Waals surface area contributed by atoms with E-state index in [9.17, 15) is 18.4 Å². The van der Waals surface area contributed by atoms with E-state index >= 15 is 0 Å². The van der Waals surface area contributed by atoms with E-state index in [4.69, 9.17) is 4.74 Å². The number of hydrogen-bond donors (Lipinski definition) is 1. The summed E-state index contributed by atoms with van der Waals surface area (Å²) in [6, 6.07) is 13.4. The fourth-order valence-corrected chi connectivity index (χ4v) is 3.12. The number of likely N-dealkylation sites (N-methyl/N-ethyl adjacent to an activating group) is 1. The zero-order valence-corrected chi connectivity index (χ0v) is 18.0. The second-order valence-electron chi connectivity index (χ2n) is 6.38. The van der Waals surface area contributed by atoms with E-state index in [0.29, 0.717) is 5.75 Å². The number of nitrogens with zero attached hydrogens (tertiary/aromatic N) is 2. The van der Waals surface area contributed by atoms with Gasteiger partial charge in [0.2, 0.25) is 11.8 Å². The van der Waals surface area contributed by atoms with Gasteiger partial charge in [0, 0.05) is 17.2 Å². The maximum Gasteiger partial charge on any atom is 0.259 e. The second-order valence-corrected chi connectivity index (χ2v) is 7.30. The number of carbonyl (C=O) groups excluding carboxylic acids is 2. The van der Waals surface area contributed by atoms with E-state index in [0.717, 1.165) is 16.6 Å². The van der Waals surface area contributed by atoms with Crippen molar-refractivity contribution in [2.75, 3.05) is 18.4 Å². The van der Waals surface area contributed by atoms with Crippen molar-refractivity contribution in [2.24, 2.45) is 0 Å². The van der Waals surface area contributed by atoms with Crippen LogP contribution in [0, 0.1) is 11.6 Å². The first-order valence-corrected chi connectivity index (χ1v) is 10.1. The molecular formula is C22H18BrF2N3O3. The zero-order chi connectivity index (χ0) is 22.4. The maximum atomic E-state index is 13.8. The lowest BCUT2D eigenvalue weighted by Gasteiger charge is -2.21. The van der Waals surface area contributed by atoms with E-state index in [-0.39, 0.29) is 18.0 Å². The predicted octanol–water partition coefficient (Wildman–Crippen LogP) is 5.02. The van der Waals surface area contributed by atoms with E-state index in [1.807, 2.05) is 6.07 Å². The first kappa shape index (κ1) is 22.4. The van der Waals surface area contributed by atoms with Gasteiger partial charge in [0.15, 0.2) is 0 Å². The fourth-order valence-electron chi connectivity index (χ4n) is 2.74. The molecule has 0 fully saturated rings. The molecule has 0 radical (unpaired) electrons. The lowest BCUT2D eigenvalue weighted by atomic mass is 10.2. The van der Waals surface area contributed by atoms with E-state index in [1.165, 1.54) is 23.2 Å². The van der Waals surface area contributed by atoms with E-state index in [1.54, 1.807) is 31.2 Å². The molecule has 2 amide bonds. The van der Waals surface area contributed by atoms with Crippen molar-refractivity contribution in [3.05, 3.63) is 82.5 Å². The van der Waals surface area contributed by atoms with Crippen LogP contribution in [0.25, 0.3) is 0 Å². The highest BCUT2D eigenvalue weighted by atomic mass is 79.9. The van der Waals surface area contributed by atoms with Crippen molar-refractivity contribution in [3.63, 3.8) is 0 Å². The number of benzene rings is 2. The van der Waals surface area contributed by atoms with Gasteiger partial charge < -0.3 is 15.0 Å². The highest BCUT2D eigenvalue weighted by Crippen LogP contribution is 2.26. The number of para-hydroxylation sites is 1. The van der Waals surface area contributed by atoms with Gasteiger partial charge in [-0.3, -0.25) is 9.59 Å². The van der Waals surface area contributed by atoms with Crippen LogP contribution in [0.1, 0.15) is 17.3 Å². The summed E-state index contributed by atoms with van der Waals surface area (Å²) in [5, 5.41) is 2.18. The van der Waals surface area contributed by atoms with Crippen molar-refractivity contribution in [1.29, 1.82) is 0 Å². The largest absolute Gasteiger partial charge is 0.438 e. The van der Waals surface area contributed by atoms with Gasteiger partial charge in [-0.15, -0.1) is 0 Å². The highest BCUT2D eigenvalue weighted by Gasteiger charge is 2.23. The molecule has 0 saturated carbocycles. The Kier molecular flexibility index (Phi) is 7.30. The first-order valence-electron chi connectivity index (χ1n) is 9.30. The lowest BCUT2D eigenvalue weighted by Crippen LogP contribution is -2.38. The van der Waals surface area contributed by atoms with Crippen LogP contribution in [-0.4, -0.2) is 34.8 Å². The van der Waals surface area contributed by atoms with Crippen molar-refractivity contribution in [1.82, 2.24) is 9.88 Å². The number of rotatable bonds is 7. The molecule has 2 aromatic carbocycles. The van der Waals surface area contributed by atoms with Crippen LogP contribution in [0.4, 0.5) is 14.5 Å². The predicted molar refractivity (Wildman–Crippen MR) is 115 cm³/mol. The number of ether oxygens (including phenoxy) is 1. The van der Waals surface area contributed by atoms with Gasteiger partial charge in [0.25, 0.3) is 5.91 Å². The van der Waals surface area contributed by atoms with Gasteiger partial charge in [-0.1, -0.05) is 28.1 Å². The third-order valence-corrected chi connectivity index (χ3v) is 4.74. The van der Waals surface area contributed by atoms with Crippen LogP contribution in [0.3, 0.4) is 0 Å². The molecule has 0 spiro atoms. The van der Waals surface area contributed by atoms with E-state index in [2.05, 4.69) is 26.2 Å². The summed E-state index contributed by atoms with van der Waals surface area (Å²) < 4.78 is 34.1.